The number of hydrogen-bond donors (Lipinski definition) is 1. The lowest BCUT2D eigenvalue weighted by Gasteiger charge is -2.22. The highest BCUT2D eigenvalue weighted by molar-refractivity contribution is 5.74. The third kappa shape index (κ3) is 6.83. The molecule has 0 bridgehead atoms. The van der Waals surface area contributed by atoms with Crippen molar-refractivity contribution in [1.82, 2.24) is 10.2 Å². The molecule has 4 nitrogen and oxygen atoms in total. The largest absolute Gasteiger partial charge is 0.497 e. The van der Waals surface area contributed by atoms with E-state index in [2.05, 4.69) is 25.2 Å². The number of methoxy groups -OCH3 is 1. The summed E-state index contributed by atoms with van der Waals surface area (Å²) < 4.78 is 5.21. The summed E-state index contributed by atoms with van der Waals surface area (Å²) in [7, 11) is 1.67. The molecule has 0 spiro atoms. The van der Waals surface area contributed by atoms with Crippen LogP contribution in [-0.4, -0.2) is 37.7 Å². The number of urea groups is 1. The molecule has 0 saturated carbocycles. The molecule has 1 rings (SSSR count). The lowest BCUT2D eigenvalue weighted by Crippen LogP contribution is -2.41. The molecule has 2 amide bonds. The van der Waals surface area contributed by atoms with Gasteiger partial charge in [-0.3, -0.25) is 0 Å². The van der Waals surface area contributed by atoms with Crippen LogP contribution in [0.3, 0.4) is 0 Å². The lowest BCUT2D eigenvalue weighted by molar-refractivity contribution is 0.196. The van der Waals surface area contributed by atoms with E-state index in [0.717, 1.165) is 50.9 Å². The molecule has 0 atom stereocenters. The minimum Gasteiger partial charge on any atom is -0.497 e. The molecule has 1 aromatic rings. The molecular formula is C18H30N2O2. The molecule has 0 aliphatic carbocycles. The van der Waals surface area contributed by atoms with Crippen molar-refractivity contribution in [3.63, 3.8) is 0 Å². The van der Waals surface area contributed by atoms with Gasteiger partial charge in [0, 0.05) is 19.6 Å². The van der Waals surface area contributed by atoms with Gasteiger partial charge in [0.1, 0.15) is 5.75 Å². The van der Waals surface area contributed by atoms with Crippen LogP contribution in [0.15, 0.2) is 24.3 Å². The van der Waals surface area contributed by atoms with Crippen LogP contribution in [0.4, 0.5) is 4.79 Å². The summed E-state index contributed by atoms with van der Waals surface area (Å²) in [6.07, 6.45) is 5.16. The first kappa shape index (κ1) is 18.3. The van der Waals surface area contributed by atoms with Crippen molar-refractivity contribution in [2.45, 2.75) is 46.0 Å². The number of unbranched alkanes of at least 4 members (excludes halogenated alkanes) is 2. The molecule has 0 saturated heterocycles. The highest BCUT2D eigenvalue weighted by atomic mass is 16.5. The number of ether oxygens (including phenoxy) is 1. The quantitative estimate of drug-likeness (QED) is 0.713. The Morgan fingerprint density at radius 2 is 1.86 bits per heavy atom. The molecule has 0 fully saturated rings. The molecule has 0 radical (unpaired) electrons. The number of nitrogens with one attached hydrogen (secondary N) is 1. The van der Waals surface area contributed by atoms with Crippen molar-refractivity contribution >= 4 is 6.03 Å². The first-order valence-electron chi connectivity index (χ1n) is 8.37. The van der Waals surface area contributed by atoms with E-state index in [1.807, 2.05) is 23.1 Å². The van der Waals surface area contributed by atoms with E-state index < -0.39 is 0 Å². The van der Waals surface area contributed by atoms with Crippen LogP contribution in [0.2, 0.25) is 0 Å². The minimum absolute atomic E-state index is 0.0600. The van der Waals surface area contributed by atoms with Crippen LogP contribution in [0.25, 0.3) is 0 Å². The van der Waals surface area contributed by atoms with Gasteiger partial charge in [0.25, 0.3) is 0 Å². The van der Waals surface area contributed by atoms with Crippen molar-refractivity contribution in [2.75, 3.05) is 26.7 Å². The fourth-order valence-corrected chi connectivity index (χ4v) is 2.27. The molecule has 4 heteroatoms. The number of benzene rings is 1. The van der Waals surface area contributed by atoms with E-state index in [-0.39, 0.29) is 6.03 Å². The van der Waals surface area contributed by atoms with Gasteiger partial charge < -0.3 is 15.0 Å². The van der Waals surface area contributed by atoms with E-state index >= 15 is 0 Å². The standard InChI is InChI=1S/C18H30N2O2/c1-4-6-13-20(14-7-5-2)18(21)19-12-11-16-9-8-10-17(15-16)22-3/h8-10,15H,4-7,11-14H2,1-3H3,(H,19,21). The summed E-state index contributed by atoms with van der Waals surface area (Å²) in [5.41, 5.74) is 1.17. The maximum absolute atomic E-state index is 12.3. The van der Waals surface area contributed by atoms with Crippen molar-refractivity contribution in [3.05, 3.63) is 29.8 Å². The molecule has 124 valence electrons. The average Bonchev–Trinajstić information content (AvgIpc) is 2.55. The molecule has 0 aromatic heterocycles. The predicted octanol–water partition coefficient (Wildman–Crippen LogP) is 3.85. The van der Waals surface area contributed by atoms with Gasteiger partial charge >= 0.3 is 6.03 Å². The third-order valence-electron chi connectivity index (χ3n) is 3.67. The smallest absolute Gasteiger partial charge is 0.317 e. The normalized spacial score (nSPS) is 10.3. The van der Waals surface area contributed by atoms with Crippen LogP contribution in [0.5, 0.6) is 5.75 Å². The van der Waals surface area contributed by atoms with Gasteiger partial charge in [-0.15, -0.1) is 0 Å². The fraction of sp³-hybridized carbons (Fsp3) is 0.611. The van der Waals surface area contributed by atoms with Crippen molar-refractivity contribution in [3.8, 4) is 5.75 Å². The molecule has 0 heterocycles. The molecule has 22 heavy (non-hydrogen) atoms. The molecule has 0 unspecified atom stereocenters. The second-order valence-corrected chi connectivity index (χ2v) is 5.53. The molecule has 0 aliphatic rings. The van der Waals surface area contributed by atoms with E-state index in [0.29, 0.717) is 6.54 Å². The van der Waals surface area contributed by atoms with Gasteiger partial charge in [0.2, 0.25) is 0 Å². The second kappa shape index (κ2) is 10.9. The van der Waals surface area contributed by atoms with Crippen LogP contribution in [0, 0.1) is 0 Å². The third-order valence-corrected chi connectivity index (χ3v) is 3.67. The number of carbonyl (C=O) groups is 1. The Hall–Kier alpha value is -1.71. The van der Waals surface area contributed by atoms with Gasteiger partial charge in [0.15, 0.2) is 0 Å². The Morgan fingerprint density at radius 3 is 2.45 bits per heavy atom. The van der Waals surface area contributed by atoms with Gasteiger partial charge in [-0.1, -0.05) is 38.8 Å². The SMILES string of the molecule is CCCCN(CCCC)C(=O)NCCc1cccc(OC)c1. The van der Waals surface area contributed by atoms with Crippen molar-refractivity contribution < 1.29 is 9.53 Å². The lowest BCUT2D eigenvalue weighted by atomic mass is 10.1. The first-order chi connectivity index (χ1) is 10.7. The number of nitrogens with zero attached hydrogens (tertiary/aromatic N) is 1. The van der Waals surface area contributed by atoms with E-state index in [4.69, 9.17) is 4.74 Å². The van der Waals surface area contributed by atoms with Crippen LogP contribution < -0.4 is 10.1 Å². The fourth-order valence-electron chi connectivity index (χ4n) is 2.27. The number of amides is 2. The topological polar surface area (TPSA) is 41.6 Å². The van der Waals surface area contributed by atoms with Crippen LogP contribution >= 0.6 is 0 Å². The highest BCUT2D eigenvalue weighted by Crippen LogP contribution is 2.12. The Balaban J connectivity index is 2.40. The Kier molecular flexibility index (Phi) is 9.12. The molecule has 0 aliphatic heterocycles. The number of rotatable bonds is 10. The monoisotopic (exact) mass is 306 g/mol. The van der Waals surface area contributed by atoms with E-state index in [9.17, 15) is 4.79 Å². The summed E-state index contributed by atoms with van der Waals surface area (Å²) >= 11 is 0. The van der Waals surface area contributed by atoms with Crippen LogP contribution in [-0.2, 0) is 6.42 Å². The summed E-state index contributed by atoms with van der Waals surface area (Å²) in [6.45, 7) is 6.65. The number of hydrogen-bond acceptors (Lipinski definition) is 2. The molecule has 1 N–H and O–H groups in total. The van der Waals surface area contributed by atoms with Gasteiger partial charge in [-0.25, -0.2) is 4.79 Å². The zero-order chi connectivity index (χ0) is 16.2. The summed E-state index contributed by atoms with van der Waals surface area (Å²) in [5, 5.41) is 3.03. The summed E-state index contributed by atoms with van der Waals surface area (Å²) in [5.74, 6) is 0.858. The van der Waals surface area contributed by atoms with Gasteiger partial charge in [-0.2, -0.15) is 0 Å². The summed E-state index contributed by atoms with van der Waals surface area (Å²) in [6, 6.07) is 8.03. The van der Waals surface area contributed by atoms with Gasteiger partial charge in [0.05, 0.1) is 7.11 Å². The highest BCUT2D eigenvalue weighted by Gasteiger charge is 2.11. The molecule has 1 aromatic carbocycles. The first-order valence-corrected chi connectivity index (χ1v) is 8.37. The maximum atomic E-state index is 12.3. The Bertz CT molecular complexity index is 427. The Labute approximate surface area is 134 Å². The van der Waals surface area contributed by atoms with E-state index in [1.165, 1.54) is 5.56 Å². The van der Waals surface area contributed by atoms with Gasteiger partial charge in [-0.05, 0) is 37.0 Å². The molecular weight excluding hydrogens is 276 g/mol. The van der Waals surface area contributed by atoms with Crippen molar-refractivity contribution in [1.29, 1.82) is 0 Å². The zero-order valence-electron chi connectivity index (χ0n) is 14.2. The Morgan fingerprint density at radius 1 is 1.18 bits per heavy atom. The average molecular weight is 306 g/mol. The van der Waals surface area contributed by atoms with E-state index in [1.54, 1.807) is 7.11 Å². The van der Waals surface area contributed by atoms with Crippen LogP contribution in [0.1, 0.15) is 45.1 Å². The van der Waals surface area contributed by atoms with Crippen molar-refractivity contribution in [2.24, 2.45) is 0 Å². The summed E-state index contributed by atoms with van der Waals surface area (Å²) in [4.78, 5) is 14.2. The zero-order valence-corrected chi connectivity index (χ0v) is 14.2. The minimum atomic E-state index is 0.0600. The second-order valence-electron chi connectivity index (χ2n) is 5.53. The predicted molar refractivity (Wildman–Crippen MR) is 91.5 cm³/mol. The number of carbonyl (C=O) groups excluding carboxylic acids is 1. The maximum Gasteiger partial charge on any atom is 0.317 e.